The van der Waals surface area contributed by atoms with Gasteiger partial charge in [0.15, 0.2) is 5.13 Å². The molecule has 6 heteroatoms. The minimum Gasteiger partial charge on any atom is -0.345 e. The third-order valence-electron chi connectivity index (χ3n) is 3.98. The molecule has 1 amide bonds. The van der Waals surface area contributed by atoms with Gasteiger partial charge in [-0.25, -0.2) is 4.98 Å². The van der Waals surface area contributed by atoms with Gasteiger partial charge in [-0.2, -0.15) is 0 Å². The maximum Gasteiger partial charge on any atom is 0.255 e. The van der Waals surface area contributed by atoms with Crippen molar-refractivity contribution >= 4 is 22.4 Å². The highest BCUT2D eigenvalue weighted by Gasteiger charge is 2.24. The minimum absolute atomic E-state index is 0.0716. The van der Waals surface area contributed by atoms with E-state index in [4.69, 9.17) is 0 Å². The van der Waals surface area contributed by atoms with Crippen molar-refractivity contribution in [2.45, 2.75) is 20.8 Å². The number of nitrogens with zero attached hydrogens (tertiary/aromatic N) is 4. The van der Waals surface area contributed by atoms with Crippen LogP contribution in [-0.4, -0.2) is 47.0 Å². The predicted molar refractivity (Wildman–Crippen MR) is 88.7 cm³/mol. The molecule has 0 radical (unpaired) electrons. The van der Waals surface area contributed by atoms with E-state index in [1.165, 1.54) is 4.88 Å². The van der Waals surface area contributed by atoms with Crippen LogP contribution in [0, 0.1) is 20.8 Å². The first-order valence-corrected chi connectivity index (χ1v) is 8.26. The first-order chi connectivity index (χ1) is 10.5. The van der Waals surface area contributed by atoms with Crippen LogP contribution in [-0.2, 0) is 0 Å². The number of hydrogen-bond acceptors (Lipinski definition) is 5. The molecule has 0 aliphatic carbocycles. The SMILES string of the molecule is Cc1cncc(C(=O)N2CCN(c3nc(C)c(C)s3)CC2)c1. The lowest BCUT2D eigenvalue weighted by Gasteiger charge is -2.34. The Kier molecular flexibility index (Phi) is 4.11. The summed E-state index contributed by atoms with van der Waals surface area (Å²) >= 11 is 1.73. The molecule has 0 atom stereocenters. The summed E-state index contributed by atoms with van der Waals surface area (Å²) in [5, 5.41) is 1.07. The Hall–Kier alpha value is -1.95. The topological polar surface area (TPSA) is 49.3 Å². The Balaban J connectivity index is 1.65. The lowest BCUT2D eigenvalue weighted by Crippen LogP contribution is -2.48. The zero-order valence-electron chi connectivity index (χ0n) is 13.2. The van der Waals surface area contributed by atoms with Crippen molar-refractivity contribution in [2.24, 2.45) is 0 Å². The Bertz CT molecular complexity index is 670. The van der Waals surface area contributed by atoms with Crippen molar-refractivity contribution < 1.29 is 4.79 Å². The quantitative estimate of drug-likeness (QED) is 0.854. The van der Waals surface area contributed by atoms with Crippen LogP contribution in [0.1, 0.15) is 26.5 Å². The van der Waals surface area contributed by atoms with E-state index in [1.807, 2.05) is 24.8 Å². The number of amides is 1. The van der Waals surface area contributed by atoms with E-state index >= 15 is 0 Å². The largest absolute Gasteiger partial charge is 0.345 e. The summed E-state index contributed by atoms with van der Waals surface area (Å²) in [7, 11) is 0. The molecule has 0 spiro atoms. The van der Waals surface area contributed by atoms with E-state index in [9.17, 15) is 4.79 Å². The summed E-state index contributed by atoms with van der Waals surface area (Å²) < 4.78 is 0. The Labute approximate surface area is 134 Å². The summed E-state index contributed by atoms with van der Waals surface area (Å²) in [5.74, 6) is 0.0716. The van der Waals surface area contributed by atoms with Gasteiger partial charge < -0.3 is 9.80 Å². The van der Waals surface area contributed by atoms with Crippen molar-refractivity contribution in [3.63, 3.8) is 0 Å². The van der Waals surface area contributed by atoms with Crippen LogP contribution in [0.3, 0.4) is 0 Å². The molecule has 1 saturated heterocycles. The summed E-state index contributed by atoms with van der Waals surface area (Å²) in [5.41, 5.74) is 2.79. The van der Waals surface area contributed by atoms with Gasteiger partial charge in [0.1, 0.15) is 0 Å². The lowest BCUT2D eigenvalue weighted by atomic mass is 10.2. The lowest BCUT2D eigenvalue weighted by molar-refractivity contribution is 0.0746. The molecule has 3 rings (SSSR count). The third-order valence-corrected chi connectivity index (χ3v) is 5.11. The first-order valence-electron chi connectivity index (χ1n) is 7.44. The highest BCUT2D eigenvalue weighted by molar-refractivity contribution is 7.15. The van der Waals surface area contributed by atoms with Gasteiger partial charge >= 0.3 is 0 Å². The zero-order chi connectivity index (χ0) is 15.7. The summed E-state index contributed by atoms with van der Waals surface area (Å²) in [4.78, 5) is 26.7. The van der Waals surface area contributed by atoms with Gasteiger partial charge in [-0.15, -0.1) is 11.3 Å². The number of rotatable bonds is 2. The van der Waals surface area contributed by atoms with Gasteiger partial charge in [0.05, 0.1) is 11.3 Å². The third kappa shape index (κ3) is 2.97. The zero-order valence-corrected chi connectivity index (χ0v) is 14.0. The molecule has 116 valence electrons. The van der Waals surface area contributed by atoms with Crippen molar-refractivity contribution in [2.75, 3.05) is 31.1 Å². The fourth-order valence-corrected chi connectivity index (χ4v) is 3.51. The maximum atomic E-state index is 12.5. The highest BCUT2D eigenvalue weighted by Crippen LogP contribution is 2.26. The van der Waals surface area contributed by atoms with Crippen LogP contribution in [0.5, 0.6) is 0 Å². The molecule has 0 bridgehead atoms. The number of aromatic nitrogens is 2. The molecule has 22 heavy (non-hydrogen) atoms. The molecular weight excluding hydrogens is 296 g/mol. The molecule has 2 aromatic rings. The van der Waals surface area contributed by atoms with Gasteiger partial charge in [-0.3, -0.25) is 9.78 Å². The number of carbonyl (C=O) groups excluding carboxylic acids is 1. The van der Waals surface area contributed by atoms with Gasteiger partial charge in [0, 0.05) is 43.4 Å². The molecule has 1 aliphatic heterocycles. The molecule has 1 aliphatic rings. The van der Waals surface area contributed by atoms with E-state index < -0.39 is 0 Å². The van der Waals surface area contributed by atoms with Crippen LogP contribution in [0.2, 0.25) is 0 Å². The van der Waals surface area contributed by atoms with Gasteiger partial charge in [-0.05, 0) is 32.4 Å². The van der Waals surface area contributed by atoms with Crippen molar-refractivity contribution in [3.05, 3.63) is 40.2 Å². The highest BCUT2D eigenvalue weighted by atomic mass is 32.1. The van der Waals surface area contributed by atoms with Gasteiger partial charge in [-0.1, -0.05) is 0 Å². The van der Waals surface area contributed by atoms with Crippen LogP contribution in [0.15, 0.2) is 18.5 Å². The smallest absolute Gasteiger partial charge is 0.255 e. The second-order valence-electron chi connectivity index (χ2n) is 5.67. The number of pyridine rings is 1. The standard InChI is InChI=1S/C16H20N4OS/c1-11-8-14(10-17-9-11)15(21)19-4-6-20(7-5-19)16-18-12(2)13(3)22-16/h8-10H,4-7H2,1-3H3. The molecule has 0 aromatic carbocycles. The number of aryl methyl sites for hydroxylation is 3. The predicted octanol–water partition coefficient (Wildman–Crippen LogP) is 2.43. The van der Waals surface area contributed by atoms with E-state index in [0.29, 0.717) is 5.56 Å². The van der Waals surface area contributed by atoms with Crippen molar-refractivity contribution in [3.8, 4) is 0 Å². The second kappa shape index (κ2) is 6.04. The molecule has 1 fully saturated rings. The molecule has 0 N–H and O–H groups in total. The second-order valence-corrected chi connectivity index (χ2v) is 6.85. The number of anilines is 1. The molecule has 0 unspecified atom stereocenters. The van der Waals surface area contributed by atoms with E-state index in [0.717, 1.165) is 42.6 Å². The Morgan fingerprint density at radius 3 is 2.45 bits per heavy atom. The van der Waals surface area contributed by atoms with E-state index in [-0.39, 0.29) is 5.91 Å². The average Bonchev–Trinajstić information content (AvgIpc) is 2.86. The molecular formula is C16H20N4OS. The van der Waals surface area contributed by atoms with Gasteiger partial charge in [0.2, 0.25) is 0 Å². The summed E-state index contributed by atoms with van der Waals surface area (Å²) in [6.07, 6.45) is 3.41. The van der Waals surface area contributed by atoms with Crippen LogP contribution < -0.4 is 4.90 Å². The number of carbonyl (C=O) groups is 1. The maximum absolute atomic E-state index is 12.5. The van der Waals surface area contributed by atoms with E-state index in [1.54, 1.807) is 23.7 Å². The molecule has 5 nitrogen and oxygen atoms in total. The van der Waals surface area contributed by atoms with Crippen LogP contribution >= 0.6 is 11.3 Å². The molecule has 2 aromatic heterocycles. The number of piperazine rings is 1. The normalized spacial score (nSPS) is 15.2. The average molecular weight is 316 g/mol. The molecule has 3 heterocycles. The van der Waals surface area contributed by atoms with Crippen LogP contribution in [0.25, 0.3) is 0 Å². The number of thiazole rings is 1. The fraction of sp³-hybridized carbons (Fsp3) is 0.438. The minimum atomic E-state index is 0.0716. The van der Waals surface area contributed by atoms with Crippen molar-refractivity contribution in [1.82, 2.24) is 14.9 Å². The fourth-order valence-electron chi connectivity index (χ4n) is 2.55. The Morgan fingerprint density at radius 1 is 1.14 bits per heavy atom. The number of hydrogen-bond donors (Lipinski definition) is 0. The first kappa shape index (κ1) is 15.0. The van der Waals surface area contributed by atoms with Crippen molar-refractivity contribution in [1.29, 1.82) is 0 Å². The Morgan fingerprint density at radius 2 is 1.86 bits per heavy atom. The summed E-state index contributed by atoms with van der Waals surface area (Å²) in [6, 6.07) is 1.90. The summed E-state index contributed by atoms with van der Waals surface area (Å²) in [6.45, 7) is 9.21. The molecule has 0 saturated carbocycles. The van der Waals surface area contributed by atoms with E-state index in [2.05, 4.69) is 21.8 Å². The van der Waals surface area contributed by atoms with Crippen LogP contribution in [0.4, 0.5) is 5.13 Å². The monoisotopic (exact) mass is 316 g/mol. The van der Waals surface area contributed by atoms with Gasteiger partial charge in [0.25, 0.3) is 5.91 Å².